The molecule has 1 atom stereocenters. The zero-order chi connectivity index (χ0) is 5.70. The fourth-order valence-electron chi connectivity index (χ4n) is 0.0831. The van der Waals surface area contributed by atoms with Crippen LogP contribution in [0.15, 0.2) is 0 Å². The second-order valence-corrected chi connectivity index (χ2v) is 1.86. The molecule has 0 aromatic heterocycles. The summed E-state index contributed by atoms with van der Waals surface area (Å²) in [6, 6.07) is 0. The predicted octanol–water partition coefficient (Wildman–Crippen LogP) is -5.69. The van der Waals surface area contributed by atoms with Crippen LogP contribution in [0.5, 0.6) is 0 Å². The standard InChI is InChI=1S/CH7IN3O2/c1-7-5(6)4-2-3/h4-5H,3H2,1H3/q-1. The molecule has 5 nitrogen and oxygen atoms in total. The van der Waals surface area contributed by atoms with E-state index < -0.39 is 27.1 Å². The molecular formula is CH7IN3O2-. The quantitative estimate of drug-likeness (QED) is 0.252. The minimum absolute atomic E-state index is 0.449. The Morgan fingerprint density at radius 2 is 2.57 bits per heavy atom. The van der Waals surface area contributed by atoms with E-state index in [-0.39, 0.29) is 0 Å². The van der Waals surface area contributed by atoms with E-state index in [1.807, 2.05) is 0 Å². The first kappa shape index (κ1) is 7.53. The van der Waals surface area contributed by atoms with Gasteiger partial charge in [-0.3, -0.25) is 0 Å². The van der Waals surface area contributed by atoms with Crippen LogP contribution in [-0.2, 0) is 4.84 Å². The summed E-state index contributed by atoms with van der Waals surface area (Å²) in [5.41, 5.74) is 0. The molecule has 0 bridgehead atoms. The third kappa shape index (κ3) is 4.38. The number of quaternary nitrogens is 1. The monoisotopic (exact) mass is 220 g/mol. The molecular weight excluding hydrogens is 213 g/mol. The summed E-state index contributed by atoms with van der Waals surface area (Å²) in [4.78, 5) is 4.19. The topological polar surface area (TPSA) is 74.8 Å². The molecule has 0 saturated carbocycles. The Bertz CT molecular complexity index is 43.9. The zero-order valence-corrected chi connectivity index (χ0v) is 5.93. The fraction of sp³-hybridized carbons (Fsp3) is 1.00. The van der Waals surface area contributed by atoms with Gasteiger partial charge in [-0.15, -0.1) is 0 Å². The first-order valence-corrected chi connectivity index (χ1v) is 3.80. The van der Waals surface area contributed by atoms with Crippen molar-refractivity contribution < 1.29 is 31.9 Å². The summed E-state index contributed by atoms with van der Waals surface area (Å²) in [6.45, 7) is 0. The first-order chi connectivity index (χ1) is 3.31. The van der Waals surface area contributed by atoms with E-state index in [9.17, 15) is 5.21 Å². The molecule has 0 fully saturated rings. The van der Waals surface area contributed by atoms with Gasteiger partial charge in [0.2, 0.25) is 0 Å². The van der Waals surface area contributed by atoms with Crippen molar-refractivity contribution in [2.75, 3.05) is 7.11 Å². The third-order valence-corrected chi connectivity index (χ3v) is 1.07. The molecule has 0 saturated heterocycles. The number of nitrogens with one attached hydrogen (secondary N) is 2. The summed E-state index contributed by atoms with van der Waals surface area (Å²) in [7, 11) is 1.30. The van der Waals surface area contributed by atoms with Crippen molar-refractivity contribution in [1.82, 2.24) is 3.64 Å². The molecule has 4 N–H and O–H groups in total. The van der Waals surface area contributed by atoms with E-state index in [0.717, 1.165) is 0 Å². The van der Waals surface area contributed by atoms with Gasteiger partial charge in [-0.1, -0.05) is 0 Å². The first-order valence-electron chi connectivity index (χ1n) is 1.47. The van der Waals surface area contributed by atoms with E-state index >= 15 is 0 Å². The Labute approximate surface area is 52.3 Å². The van der Waals surface area contributed by atoms with Crippen LogP contribution in [0.3, 0.4) is 0 Å². The van der Waals surface area contributed by atoms with Crippen LogP contribution in [0.4, 0.5) is 0 Å². The van der Waals surface area contributed by atoms with E-state index in [0.29, 0.717) is 0 Å². The Hall–Kier alpha value is 0.530. The van der Waals surface area contributed by atoms with Crippen molar-refractivity contribution in [3.05, 3.63) is 5.21 Å². The third-order valence-electron chi connectivity index (χ3n) is 0.317. The summed E-state index contributed by atoms with van der Waals surface area (Å²) in [5.74, 6) is 0. The minimum atomic E-state index is -0.664. The molecule has 0 heterocycles. The van der Waals surface area contributed by atoms with Crippen LogP contribution in [0.1, 0.15) is 0 Å². The van der Waals surface area contributed by atoms with Crippen molar-refractivity contribution in [2.45, 2.75) is 0 Å². The maximum absolute atomic E-state index is 10.0. The summed E-state index contributed by atoms with van der Waals surface area (Å²) in [6.07, 6.45) is 0. The SMILES string of the molecule is CO[NH+]([O-])N[I-]N. The van der Waals surface area contributed by atoms with E-state index in [1.54, 1.807) is 0 Å². The van der Waals surface area contributed by atoms with Gasteiger partial charge in [-0.2, -0.15) is 0 Å². The summed E-state index contributed by atoms with van der Waals surface area (Å²) in [5, 5.41) is 9.58. The second kappa shape index (κ2) is 4.68. The van der Waals surface area contributed by atoms with Crippen LogP contribution in [0.25, 0.3) is 0 Å². The number of nitrogens with two attached hydrogens (primary N) is 1. The predicted molar refractivity (Wildman–Crippen MR) is 18.7 cm³/mol. The summed E-state index contributed by atoms with van der Waals surface area (Å²) < 4.78 is 7.32. The average molecular weight is 220 g/mol. The molecule has 0 aliphatic heterocycles. The fourth-order valence-corrected chi connectivity index (χ4v) is 0.558. The number of halogens is 1. The Balaban J connectivity index is 2.83. The van der Waals surface area contributed by atoms with Gasteiger partial charge in [-0.05, 0) is 0 Å². The van der Waals surface area contributed by atoms with Gasteiger partial charge in [0.1, 0.15) is 0 Å². The van der Waals surface area contributed by atoms with Gasteiger partial charge in [0.05, 0.1) is 0 Å². The van der Waals surface area contributed by atoms with Crippen LogP contribution < -0.4 is 34.7 Å². The van der Waals surface area contributed by atoms with Crippen LogP contribution in [0.2, 0.25) is 0 Å². The van der Waals surface area contributed by atoms with Crippen molar-refractivity contribution >= 4 is 0 Å². The molecule has 1 unspecified atom stereocenters. The Morgan fingerprint density at radius 1 is 2.00 bits per heavy atom. The molecule has 46 valence electrons. The molecule has 0 radical (unpaired) electrons. The van der Waals surface area contributed by atoms with Gasteiger partial charge in [-0.25, -0.2) is 0 Å². The molecule has 0 spiro atoms. The van der Waals surface area contributed by atoms with E-state index in [4.69, 9.17) is 3.95 Å². The summed E-state index contributed by atoms with van der Waals surface area (Å²) >= 11 is -0.664. The van der Waals surface area contributed by atoms with Crippen LogP contribution in [-0.4, -0.2) is 7.11 Å². The number of hydrogen-bond donors (Lipinski definition) is 3. The van der Waals surface area contributed by atoms with Crippen molar-refractivity contribution in [3.8, 4) is 0 Å². The molecule has 6 heteroatoms. The molecule has 7 heavy (non-hydrogen) atoms. The van der Waals surface area contributed by atoms with Gasteiger partial charge in [0.15, 0.2) is 0 Å². The average Bonchev–Trinajstić information content (AvgIpc) is 1.68. The molecule has 0 aliphatic rings. The van der Waals surface area contributed by atoms with Gasteiger partial charge in [0, 0.05) is 0 Å². The Kier molecular flexibility index (Phi) is 5.04. The van der Waals surface area contributed by atoms with Crippen LogP contribution in [0, 0.1) is 5.21 Å². The van der Waals surface area contributed by atoms with Crippen molar-refractivity contribution in [1.29, 1.82) is 0 Å². The van der Waals surface area contributed by atoms with Crippen LogP contribution >= 0.6 is 0 Å². The zero-order valence-electron chi connectivity index (χ0n) is 3.77. The molecule has 0 aliphatic carbocycles. The molecule has 0 aromatic rings. The van der Waals surface area contributed by atoms with Gasteiger partial charge in [0.25, 0.3) is 0 Å². The normalized spacial score (nSPS) is 14.7. The molecule has 0 aromatic carbocycles. The number of rotatable bonds is 3. The molecule has 0 rings (SSSR count). The van der Waals surface area contributed by atoms with Gasteiger partial charge < -0.3 is 0 Å². The van der Waals surface area contributed by atoms with Gasteiger partial charge >= 0.3 is 51.8 Å². The van der Waals surface area contributed by atoms with E-state index in [2.05, 4.69) is 8.48 Å². The number of hydrogen-bond acceptors (Lipinski definition) is 4. The van der Waals surface area contributed by atoms with Crippen molar-refractivity contribution in [2.24, 2.45) is 3.95 Å². The molecule has 0 amide bonds. The van der Waals surface area contributed by atoms with E-state index in [1.165, 1.54) is 7.11 Å². The van der Waals surface area contributed by atoms with Crippen molar-refractivity contribution in [3.63, 3.8) is 0 Å². The second-order valence-electron chi connectivity index (χ2n) is 0.695. The Morgan fingerprint density at radius 3 is 2.71 bits per heavy atom. The maximum atomic E-state index is 10.0.